The van der Waals surface area contributed by atoms with Gasteiger partial charge < -0.3 is 10.2 Å². The number of hydrogen-bond donors (Lipinski definition) is 1. The molecule has 20 heavy (non-hydrogen) atoms. The molecule has 0 spiro atoms. The van der Waals surface area contributed by atoms with Crippen molar-refractivity contribution in [3.63, 3.8) is 0 Å². The lowest BCUT2D eigenvalue weighted by Gasteiger charge is -2.39. The van der Waals surface area contributed by atoms with Crippen LogP contribution in [0.1, 0.15) is 42.5 Å². The van der Waals surface area contributed by atoms with Crippen LogP contribution in [-0.4, -0.2) is 36.0 Å². The molecular weight excluding hydrogens is 363 g/mol. The van der Waals surface area contributed by atoms with Gasteiger partial charge in [0.25, 0.3) is 5.91 Å². The van der Waals surface area contributed by atoms with Crippen LogP contribution in [0, 0.1) is 3.57 Å². The molecule has 1 aromatic rings. The predicted octanol–water partition coefficient (Wildman–Crippen LogP) is 3.04. The van der Waals surface area contributed by atoms with Gasteiger partial charge in [0, 0.05) is 22.2 Å². The van der Waals surface area contributed by atoms with Crippen molar-refractivity contribution in [1.82, 2.24) is 10.2 Å². The number of piperidine rings is 1. The molecule has 2 aliphatic rings. The van der Waals surface area contributed by atoms with Crippen molar-refractivity contribution in [2.45, 2.75) is 44.2 Å². The van der Waals surface area contributed by atoms with E-state index in [4.69, 9.17) is 0 Å². The van der Waals surface area contributed by atoms with Gasteiger partial charge in [-0.3, -0.25) is 4.79 Å². The van der Waals surface area contributed by atoms with E-state index >= 15 is 0 Å². The molecule has 2 unspecified atom stereocenters. The van der Waals surface area contributed by atoms with E-state index in [1.807, 2.05) is 24.3 Å². The Kier molecular flexibility index (Phi) is 4.61. The standard InChI is InChI=1S/C16H21IN2O/c17-13-7-2-1-6-12(13)16(20)19-11-4-3-9-15(19)14-8-5-10-18-14/h1-2,6-7,14-15,18H,3-5,8-11H2. The lowest BCUT2D eigenvalue weighted by atomic mass is 9.93. The molecule has 2 aliphatic heterocycles. The zero-order valence-corrected chi connectivity index (χ0v) is 13.8. The minimum Gasteiger partial charge on any atom is -0.334 e. The molecule has 0 saturated carbocycles. The van der Waals surface area contributed by atoms with Gasteiger partial charge in [-0.1, -0.05) is 12.1 Å². The highest BCUT2D eigenvalue weighted by Gasteiger charge is 2.34. The van der Waals surface area contributed by atoms with E-state index in [2.05, 4.69) is 32.8 Å². The molecule has 3 nitrogen and oxygen atoms in total. The zero-order valence-electron chi connectivity index (χ0n) is 11.6. The maximum atomic E-state index is 12.9. The molecule has 1 amide bonds. The number of nitrogens with one attached hydrogen (secondary N) is 1. The molecule has 0 aromatic heterocycles. The second-order valence-corrected chi connectivity index (χ2v) is 6.91. The number of rotatable bonds is 2. The molecule has 2 fully saturated rings. The first-order chi connectivity index (χ1) is 9.77. The quantitative estimate of drug-likeness (QED) is 0.796. The maximum Gasteiger partial charge on any atom is 0.255 e. The highest BCUT2D eigenvalue weighted by Crippen LogP contribution is 2.26. The summed E-state index contributed by atoms with van der Waals surface area (Å²) in [5.74, 6) is 0.216. The van der Waals surface area contributed by atoms with Crippen molar-refractivity contribution in [2.75, 3.05) is 13.1 Å². The first-order valence-electron chi connectivity index (χ1n) is 7.56. The zero-order chi connectivity index (χ0) is 13.9. The first kappa shape index (κ1) is 14.3. The van der Waals surface area contributed by atoms with Gasteiger partial charge in [0.2, 0.25) is 0 Å². The predicted molar refractivity (Wildman–Crippen MR) is 88.9 cm³/mol. The molecule has 0 bridgehead atoms. The van der Waals surface area contributed by atoms with Crippen molar-refractivity contribution < 1.29 is 4.79 Å². The van der Waals surface area contributed by atoms with E-state index in [0.717, 1.165) is 35.1 Å². The fraction of sp³-hybridized carbons (Fsp3) is 0.562. The van der Waals surface area contributed by atoms with Crippen LogP contribution in [0.4, 0.5) is 0 Å². The lowest BCUT2D eigenvalue weighted by molar-refractivity contribution is 0.0562. The number of halogens is 1. The number of likely N-dealkylation sites (tertiary alicyclic amines) is 1. The third-order valence-corrected chi connectivity index (χ3v) is 5.42. The molecule has 2 saturated heterocycles. The smallest absolute Gasteiger partial charge is 0.255 e. The number of amides is 1. The van der Waals surface area contributed by atoms with Crippen LogP contribution in [0.15, 0.2) is 24.3 Å². The molecule has 1 aromatic carbocycles. The van der Waals surface area contributed by atoms with Crippen molar-refractivity contribution in [3.05, 3.63) is 33.4 Å². The SMILES string of the molecule is O=C(c1ccccc1I)N1CCCCC1C1CCCN1. The molecular formula is C16H21IN2O. The van der Waals surface area contributed by atoms with E-state index in [1.54, 1.807) is 0 Å². The van der Waals surface area contributed by atoms with Gasteiger partial charge in [-0.25, -0.2) is 0 Å². The Morgan fingerprint density at radius 3 is 2.80 bits per heavy atom. The minimum atomic E-state index is 0.216. The molecule has 1 N–H and O–H groups in total. The van der Waals surface area contributed by atoms with Crippen LogP contribution in [-0.2, 0) is 0 Å². The van der Waals surface area contributed by atoms with Gasteiger partial charge in [0.1, 0.15) is 0 Å². The second kappa shape index (κ2) is 6.43. The number of carbonyl (C=O) groups is 1. The number of hydrogen-bond acceptors (Lipinski definition) is 2. The molecule has 108 valence electrons. The maximum absolute atomic E-state index is 12.9. The van der Waals surface area contributed by atoms with Crippen molar-refractivity contribution in [2.24, 2.45) is 0 Å². The van der Waals surface area contributed by atoms with Gasteiger partial charge in [-0.15, -0.1) is 0 Å². The van der Waals surface area contributed by atoms with Gasteiger partial charge in [0.05, 0.1) is 5.56 Å². The monoisotopic (exact) mass is 384 g/mol. The van der Waals surface area contributed by atoms with E-state index in [0.29, 0.717) is 12.1 Å². The van der Waals surface area contributed by atoms with Gasteiger partial charge in [-0.05, 0) is 73.4 Å². The number of nitrogens with zero attached hydrogens (tertiary/aromatic N) is 1. The average Bonchev–Trinajstić information content (AvgIpc) is 3.01. The lowest BCUT2D eigenvalue weighted by Crippen LogP contribution is -2.52. The summed E-state index contributed by atoms with van der Waals surface area (Å²) in [4.78, 5) is 15.0. The third kappa shape index (κ3) is 2.86. The second-order valence-electron chi connectivity index (χ2n) is 5.74. The fourth-order valence-corrected chi connectivity index (χ4v) is 4.08. The summed E-state index contributed by atoms with van der Waals surface area (Å²) in [6.07, 6.45) is 5.98. The van der Waals surface area contributed by atoms with Gasteiger partial charge in [-0.2, -0.15) is 0 Å². The molecule has 0 aliphatic carbocycles. The molecule has 2 heterocycles. The average molecular weight is 384 g/mol. The fourth-order valence-electron chi connectivity index (χ4n) is 3.46. The summed E-state index contributed by atoms with van der Waals surface area (Å²) in [6.45, 7) is 2.01. The van der Waals surface area contributed by atoms with Crippen LogP contribution in [0.5, 0.6) is 0 Å². The Hall–Kier alpha value is -0.620. The van der Waals surface area contributed by atoms with E-state index < -0.39 is 0 Å². The molecule has 2 atom stereocenters. The number of benzene rings is 1. The van der Waals surface area contributed by atoms with Gasteiger partial charge >= 0.3 is 0 Å². The highest BCUT2D eigenvalue weighted by atomic mass is 127. The Bertz CT molecular complexity index is 485. The topological polar surface area (TPSA) is 32.3 Å². The van der Waals surface area contributed by atoms with Gasteiger partial charge in [0.15, 0.2) is 0 Å². The summed E-state index contributed by atoms with van der Waals surface area (Å²) in [5, 5.41) is 3.58. The van der Waals surface area contributed by atoms with Crippen molar-refractivity contribution in [1.29, 1.82) is 0 Å². The minimum absolute atomic E-state index is 0.216. The summed E-state index contributed by atoms with van der Waals surface area (Å²) in [5.41, 5.74) is 0.859. The Morgan fingerprint density at radius 2 is 2.05 bits per heavy atom. The highest BCUT2D eigenvalue weighted by molar-refractivity contribution is 14.1. The molecule has 0 radical (unpaired) electrons. The summed E-state index contributed by atoms with van der Waals surface area (Å²) >= 11 is 2.26. The van der Waals surface area contributed by atoms with Crippen molar-refractivity contribution in [3.8, 4) is 0 Å². The van der Waals surface area contributed by atoms with Crippen LogP contribution in [0.2, 0.25) is 0 Å². The summed E-state index contributed by atoms with van der Waals surface area (Å²) < 4.78 is 1.05. The summed E-state index contributed by atoms with van der Waals surface area (Å²) in [7, 11) is 0. The van der Waals surface area contributed by atoms with E-state index in [9.17, 15) is 4.79 Å². The Balaban J connectivity index is 1.82. The summed E-state index contributed by atoms with van der Waals surface area (Å²) in [6, 6.07) is 8.81. The Morgan fingerprint density at radius 1 is 1.20 bits per heavy atom. The largest absolute Gasteiger partial charge is 0.334 e. The van der Waals surface area contributed by atoms with Crippen LogP contribution < -0.4 is 5.32 Å². The first-order valence-corrected chi connectivity index (χ1v) is 8.64. The van der Waals surface area contributed by atoms with E-state index in [-0.39, 0.29) is 5.91 Å². The Labute approximate surface area is 134 Å². The van der Waals surface area contributed by atoms with E-state index in [1.165, 1.54) is 19.3 Å². The third-order valence-electron chi connectivity index (χ3n) is 4.48. The number of carbonyl (C=O) groups excluding carboxylic acids is 1. The van der Waals surface area contributed by atoms with Crippen LogP contribution in [0.25, 0.3) is 0 Å². The molecule has 4 heteroatoms. The van der Waals surface area contributed by atoms with Crippen LogP contribution >= 0.6 is 22.6 Å². The van der Waals surface area contributed by atoms with Crippen LogP contribution in [0.3, 0.4) is 0 Å². The normalized spacial score (nSPS) is 26.8. The van der Waals surface area contributed by atoms with Crippen molar-refractivity contribution >= 4 is 28.5 Å². The molecule has 3 rings (SSSR count).